The molecule has 110 valence electrons. The second-order valence-electron chi connectivity index (χ2n) is 4.12. The second-order valence-corrected chi connectivity index (χ2v) is 4.12. The van der Waals surface area contributed by atoms with Crippen LogP contribution >= 0.6 is 0 Å². The number of hydrogen-bond donors (Lipinski definition) is 2. The predicted molar refractivity (Wildman–Crippen MR) is 79.5 cm³/mol. The van der Waals surface area contributed by atoms with Gasteiger partial charge in [0.2, 0.25) is 5.82 Å². The molecule has 7 heteroatoms. The van der Waals surface area contributed by atoms with Gasteiger partial charge in [-0.25, -0.2) is 14.7 Å². The largest absolute Gasteiger partial charge is 0.394 e. The van der Waals surface area contributed by atoms with Gasteiger partial charge in [-0.1, -0.05) is 30.3 Å². The number of ether oxygens (including phenoxy) is 1. The summed E-state index contributed by atoms with van der Waals surface area (Å²) < 4.78 is 6.84. The van der Waals surface area contributed by atoms with Crippen molar-refractivity contribution < 1.29 is 9.84 Å². The normalized spacial score (nSPS) is 11.1. The summed E-state index contributed by atoms with van der Waals surface area (Å²) in [4.78, 5) is 8.23. The molecule has 7 nitrogen and oxygen atoms in total. The fraction of sp³-hybridized carbons (Fsp3) is 0.286. The van der Waals surface area contributed by atoms with Crippen LogP contribution in [0.4, 0.5) is 0 Å². The van der Waals surface area contributed by atoms with E-state index in [1.54, 1.807) is 11.6 Å². The highest BCUT2D eigenvalue weighted by Gasteiger charge is 2.14. The molecule has 0 aliphatic carbocycles. The molecule has 0 bridgehead atoms. The Morgan fingerprint density at radius 1 is 1.43 bits per heavy atom. The van der Waals surface area contributed by atoms with E-state index in [1.807, 2.05) is 30.3 Å². The Hall–Kier alpha value is -2.38. The highest BCUT2D eigenvalue weighted by atomic mass is 16.5. The van der Waals surface area contributed by atoms with E-state index in [2.05, 4.69) is 15.1 Å². The molecule has 0 radical (unpaired) electrons. The summed E-state index contributed by atoms with van der Waals surface area (Å²) in [6, 6.07) is 9.53. The van der Waals surface area contributed by atoms with Gasteiger partial charge in [0, 0.05) is 11.8 Å². The summed E-state index contributed by atoms with van der Waals surface area (Å²) in [5, 5.41) is 20.8. The highest BCUT2D eigenvalue weighted by molar-refractivity contribution is 5.97. The smallest absolute Gasteiger partial charge is 0.219 e. The number of aliphatic hydroxyl groups excluding tert-OH is 1. The molecule has 2 N–H and O–H groups in total. The van der Waals surface area contributed by atoms with Gasteiger partial charge >= 0.3 is 0 Å². The lowest BCUT2D eigenvalue weighted by molar-refractivity contribution is 0.0426. The molecule has 0 saturated carbocycles. The van der Waals surface area contributed by atoms with Crippen molar-refractivity contribution in [2.45, 2.75) is 13.7 Å². The Kier molecular flexibility index (Phi) is 5.30. The van der Waals surface area contributed by atoms with Crippen molar-refractivity contribution in [1.82, 2.24) is 14.8 Å². The van der Waals surface area contributed by atoms with Gasteiger partial charge in [0.05, 0.1) is 13.2 Å². The molecule has 0 saturated heterocycles. The van der Waals surface area contributed by atoms with Gasteiger partial charge in [0.1, 0.15) is 6.73 Å². The average molecular weight is 287 g/mol. The minimum absolute atomic E-state index is 0.00408. The van der Waals surface area contributed by atoms with Crippen LogP contribution in [0.15, 0.2) is 35.3 Å². The fourth-order valence-corrected chi connectivity index (χ4v) is 1.74. The minimum atomic E-state index is -0.0574. The molecular weight excluding hydrogens is 270 g/mol. The first-order chi connectivity index (χ1) is 10.3. The Labute approximate surface area is 122 Å². The van der Waals surface area contributed by atoms with Crippen molar-refractivity contribution in [3.8, 4) is 11.4 Å². The first kappa shape index (κ1) is 15.0. The minimum Gasteiger partial charge on any atom is -0.394 e. The molecule has 0 fully saturated rings. The Balaban J connectivity index is 2.34. The van der Waals surface area contributed by atoms with Crippen LogP contribution in [0.5, 0.6) is 0 Å². The van der Waals surface area contributed by atoms with E-state index < -0.39 is 0 Å². The number of nitrogens with zero attached hydrogens (tertiary/aromatic N) is 4. The van der Waals surface area contributed by atoms with Gasteiger partial charge in [-0.3, -0.25) is 5.41 Å². The summed E-state index contributed by atoms with van der Waals surface area (Å²) in [5.74, 6) is 0.828. The molecule has 0 aliphatic heterocycles. The van der Waals surface area contributed by atoms with Crippen LogP contribution < -0.4 is 0 Å². The molecule has 21 heavy (non-hydrogen) atoms. The molecule has 0 unspecified atom stereocenters. The van der Waals surface area contributed by atoms with E-state index in [9.17, 15) is 0 Å². The van der Waals surface area contributed by atoms with E-state index in [4.69, 9.17) is 15.3 Å². The number of aliphatic hydroxyl groups is 1. The molecule has 1 aromatic heterocycles. The van der Waals surface area contributed by atoms with Gasteiger partial charge in [0.25, 0.3) is 0 Å². The fourth-order valence-electron chi connectivity index (χ4n) is 1.74. The van der Waals surface area contributed by atoms with Crippen LogP contribution in [-0.2, 0) is 11.5 Å². The van der Waals surface area contributed by atoms with Gasteiger partial charge in [-0.15, -0.1) is 5.10 Å². The average Bonchev–Trinajstić information content (AvgIpc) is 2.93. The van der Waals surface area contributed by atoms with Crippen molar-refractivity contribution in [1.29, 1.82) is 5.41 Å². The van der Waals surface area contributed by atoms with Crippen molar-refractivity contribution in [3.05, 3.63) is 36.2 Å². The summed E-state index contributed by atoms with van der Waals surface area (Å²) in [6.45, 7) is 2.04. The van der Waals surface area contributed by atoms with E-state index in [-0.39, 0.29) is 31.6 Å². The lowest BCUT2D eigenvalue weighted by atomic mass is 10.2. The zero-order valence-electron chi connectivity index (χ0n) is 11.7. The molecule has 2 rings (SSSR count). The van der Waals surface area contributed by atoms with Crippen molar-refractivity contribution >= 4 is 12.1 Å². The maximum atomic E-state index is 8.77. The quantitative estimate of drug-likeness (QED) is 0.476. The van der Waals surface area contributed by atoms with E-state index in [0.29, 0.717) is 5.82 Å². The predicted octanol–water partition coefficient (Wildman–Crippen LogP) is 1.33. The van der Waals surface area contributed by atoms with Gasteiger partial charge in [0.15, 0.2) is 11.7 Å². The molecule has 0 aliphatic rings. The third-order valence-electron chi connectivity index (χ3n) is 2.62. The molecule has 0 spiro atoms. The van der Waals surface area contributed by atoms with Crippen molar-refractivity contribution in [3.63, 3.8) is 0 Å². The topological polar surface area (TPSA) is 96.4 Å². The number of rotatable bonds is 6. The van der Waals surface area contributed by atoms with Crippen LogP contribution in [0, 0.1) is 5.41 Å². The molecule has 0 atom stereocenters. The van der Waals surface area contributed by atoms with E-state index in [0.717, 1.165) is 5.56 Å². The van der Waals surface area contributed by atoms with Crippen LogP contribution in [0.25, 0.3) is 11.4 Å². The molecule has 1 aromatic carbocycles. The summed E-state index contributed by atoms with van der Waals surface area (Å²) >= 11 is 0. The van der Waals surface area contributed by atoms with Crippen molar-refractivity contribution in [2.24, 2.45) is 4.99 Å². The second kappa shape index (κ2) is 7.41. The lowest BCUT2D eigenvalue weighted by Gasteiger charge is -2.05. The first-order valence-electron chi connectivity index (χ1n) is 6.52. The molecule has 0 amide bonds. The van der Waals surface area contributed by atoms with Crippen LogP contribution in [0.1, 0.15) is 12.7 Å². The number of nitrogens with one attached hydrogen (secondary N) is 1. The van der Waals surface area contributed by atoms with Crippen molar-refractivity contribution in [2.75, 3.05) is 13.2 Å². The van der Waals surface area contributed by atoms with Crippen LogP contribution in [0.2, 0.25) is 0 Å². The highest BCUT2D eigenvalue weighted by Crippen LogP contribution is 2.17. The van der Waals surface area contributed by atoms with Gasteiger partial charge < -0.3 is 9.84 Å². The standard InChI is InChI=1S/C14H17N5O2/c1-2-16-12(15)13-17-14(11-6-4-3-5-7-11)19(18-13)10-21-9-8-20/h2-7,15,20H,8-10H2,1H3. The zero-order valence-corrected chi connectivity index (χ0v) is 11.7. The van der Waals surface area contributed by atoms with E-state index in [1.165, 1.54) is 6.21 Å². The summed E-state index contributed by atoms with van der Waals surface area (Å²) in [5.41, 5.74) is 0.872. The van der Waals surface area contributed by atoms with Crippen LogP contribution in [0.3, 0.4) is 0 Å². The number of hydrogen-bond acceptors (Lipinski definition) is 5. The number of aromatic nitrogens is 3. The number of benzene rings is 1. The Morgan fingerprint density at radius 3 is 2.86 bits per heavy atom. The number of amidine groups is 1. The Morgan fingerprint density at radius 2 is 2.19 bits per heavy atom. The summed E-state index contributed by atoms with van der Waals surface area (Å²) in [6.07, 6.45) is 1.52. The zero-order chi connectivity index (χ0) is 15.1. The first-order valence-corrected chi connectivity index (χ1v) is 6.52. The molecular formula is C14H17N5O2. The third-order valence-corrected chi connectivity index (χ3v) is 2.62. The maximum Gasteiger partial charge on any atom is 0.219 e. The number of aliphatic imine (C=N–C) groups is 1. The van der Waals surface area contributed by atoms with Gasteiger partial charge in [-0.05, 0) is 6.92 Å². The maximum absolute atomic E-state index is 8.77. The van der Waals surface area contributed by atoms with Gasteiger partial charge in [-0.2, -0.15) is 0 Å². The SMILES string of the molecule is CC=NC(=N)c1nc(-c2ccccc2)n(COCCO)n1. The van der Waals surface area contributed by atoms with Crippen LogP contribution in [-0.4, -0.2) is 45.1 Å². The van der Waals surface area contributed by atoms with E-state index >= 15 is 0 Å². The third kappa shape index (κ3) is 3.80. The lowest BCUT2D eigenvalue weighted by Crippen LogP contribution is -2.09. The monoisotopic (exact) mass is 287 g/mol. The molecule has 1 heterocycles. The molecule has 2 aromatic rings. The summed E-state index contributed by atoms with van der Waals surface area (Å²) in [7, 11) is 0. The Bertz CT molecular complexity index is 622.